The van der Waals surface area contributed by atoms with Gasteiger partial charge in [0.2, 0.25) is 15.9 Å². The van der Waals surface area contributed by atoms with Gasteiger partial charge in [0.15, 0.2) is 0 Å². The fourth-order valence-corrected chi connectivity index (χ4v) is 4.44. The fourth-order valence-electron chi connectivity index (χ4n) is 3.70. The fraction of sp³-hybridized carbons (Fsp3) is 0.227. The van der Waals surface area contributed by atoms with E-state index in [0.717, 1.165) is 0 Å². The number of amides is 2. The van der Waals surface area contributed by atoms with Gasteiger partial charge in [0.25, 0.3) is 5.91 Å². The lowest BCUT2D eigenvalue weighted by atomic mass is 9.95. The molecule has 4 rings (SSSR count). The Morgan fingerprint density at radius 1 is 1.06 bits per heavy atom. The number of anilines is 1. The number of para-hydroxylation sites is 1. The second kappa shape index (κ2) is 9.34. The van der Waals surface area contributed by atoms with E-state index in [1.54, 1.807) is 21.8 Å². The third kappa shape index (κ3) is 5.24. The number of hydrogen-bond acceptors (Lipinski definition) is 5. The number of benzene rings is 2. The zero-order valence-electron chi connectivity index (χ0n) is 17.5. The summed E-state index contributed by atoms with van der Waals surface area (Å²) in [5.74, 6) is -0.569. The number of nitrogens with two attached hydrogens (primary N) is 1. The van der Waals surface area contributed by atoms with Crippen molar-refractivity contribution in [3.8, 4) is 5.69 Å². The largest absolute Gasteiger partial charge is 0.339 e. The predicted octanol–water partition coefficient (Wildman–Crippen LogP) is 2.66. The number of primary sulfonamides is 1. The number of nitrogens with one attached hydrogen (secondary N) is 1. The Morgan fingerprint density at radius 3 is 2.36 bits per heavy atom. The molecule has 1 aliphatic rings. The molecule has 0 spiro atoms. The standard InChI is InChI=1S/C22H22ClN5O4S/c23-19-3-1-2-4-20(19)28-14-16(13-25-28)22(30)27-11-9-15(10-12-27)21(29)26-17-5-7-18(8-6-17)33(24,31)32/h1-8,13-15H,9-12H2,(H,26,29)(H2,24,31,32). The van der Waals surface area contributed by atoms with Gasteiger partial charge in [-0.2, -0.15) is 5.10 Å². The molecule has 2 heterocycles. The number of nitrogens with zero attached hydrogens (tertiary/aromatic N) is 3. The van der Waals surface area contributed by atoms with Gasteiger partial charge in [0.05, 0.1) is 27.4 Å². The van der Waals surface area contributed by atoms with E-state index in [2.05, 4.69) is 10.4 Å². The van der Waals surface area contributed by atoms with Gasteiger partial charge < -0.3 is 10.2 Å². The predicted molar refractivity (Wildman–Crippen MR) is 124 cm³/mol. The Kier molecular flexibility index (Phi) is 6.50. The summed E-state index contributed by atoms with van der Waals surface area (Å²) in [4.78, 5) is 27.2. The molecule has 9 nitrogen and oxygen atoms in total. The van der Waals surface area contributed by atoms with Crippen molar-refractivity contribution in [1.29, 1.82) is 0 Å². The lowest BCUT2D eigenvalue weighted by molar-refractivity contribution is -0.121. The highest BCUT2D eigenvalue weighted by atomic mass is 35.5. The first-order valence-electron chi connectivity index (χ1n) is 10.2. The smallest absolute Gasteiger partial charge is 0.257 e. The van der Waals surface area contributed by atoms with E-state index in [-0.39, 0.29) is 22.6 Å². The number of carbonyl (C=O) groups excluding carboxylic acids is 2. The highest BCUT2D eigenvalue weighted by Crippen LogP contribution is 2.23. The summed E-state index contributed by atoms with van der Waals surface area (Å²) in [5, 5.41) is 12.7. The Morgan fingerprint density at radius 2 is 1.73 bits per heavy atom. The lowest BCUT2D eigenvalue weighted by Gasteiger charge is -2.31. The van der Waals surface area contributed by atoms with Crippen molar-refractivity contribution in [2.24, 2.45) is 11.1 Å². The van der Waals surface area contributed by atoms with Crippen LogP contribution in [0.25, 0.3) is 5.69 Å². The molecule has 2 amide bonds. The molecule has 1 saturated heterocycles. The lowest BCUT2D eigenvalue weighted by Crippen LogP contribution is -2.41. The first kappa shape index (κ1) is 23.0. The van der Waals surface area contributed by atoms with Crippen LogP contribution in [0.1, 0.15) is 23.2 Å². The van der Waals surface area contributed by atoms with Crippen LogP contribution in [0.4, 0.5) is 5.69 Å². The number of halogens is 1. The number of sulfonamides is 1. The van der Waals surface area contributed by atoms with Crippen molar-refractivity contribution in [3.05, 3.63) is 71.5 Å². The molecule has 0 atom stereocenters. The van der Waals surface area contributed by atoms with Crippen LogP contribution in [0.5, 0.6) is 0 Å². The van der Waals surface area contributed by atoms with E-state index in [1.807, 2.05) is 18.2 Å². The number of likely N-dealkylation sites (tertiary alicyclic amines) is 1. The minimum atomic E-state index is -3.78. The first-order valence-corrected chi connectivity index (χ1v) is 12.2. The maximum atomic E-state index is 12.9. The van der Waals surface area contributed by atoms with E-state index >= 15 is 0 Å². The van der Waals surface area contributed by atoms with Crippen molar-refractivity contribution < 1.29 is 18.0 Å². The average Bonchev–Trinajstić information content (AvgIpc) is 3.29. The Balaban J connectivity index is 1.33. The topological polar surface area (TPSA) is 127 Å². The van der Waals surface area contributed by atoms with Gasteiger partial charge in [-0.1, -0.05) is 23.7 Å². The zero-order valence-corrected chi connectivity index (χ0v) is 19.1. The van der Waals surface area contributed by atoms with Gasteiger partial charge in [-0.25, -0.2) is 18.2 Å². The van der Waals surface area contributed by atoms with Crippen LogP contribution in [-0.2, 0) is 14.8 Å². The molecule has 3 aromatic rings. The maximum Gasteiger partial charge on any atom is 0.257 e. The Bertz CT molecular complexity index is 1280. The van der Waals surface area contributed by atoms with Crippen LogP contribution >= 0.6 is 11.6 Å². The molecular formula is C22H22ClN5O4S. The van der Waals surface area contributed by atoms with Crippen molar-refractivity contribution in [3.63, 3.8) is 0 Å². The Hall–Kier alpha value is -3.21. The molecule has 0 unspecified atom stereocenters. The summed E-state index contributed by atoms with van der Waals surface area (Å²) in [6.07, 6.45) is 4.19. The monoisotopic (exact) mass is 487 g/mol. The molecule has 1 fully saturated rings. The average molecular weight is 488 g/mol. The van der Waals surface area contributed by atoms with Gasteiger partial charge in [-0.3, -0.25) is 9.59 Å². The van der Waals surface area contributed by atoms with Gasteiger partial charge in [0, 0.05) is 30.9 Å². The van der Waals surface area contributed by atoms with Crippen LogP contribution < -0.4 is 10.5 Å². The molecule has 3 N–H and O–H groups in total. The molecule has 0 bridgehead atoms. The molecule has 33 heavy (non-hydrogen) atoms. The number of hydrogen-bond donors (Lipinski definition) is 2. The zero-order chi connectivity index (χ0) is 23.6. The van der Waals surface area contributed by atoms with Gasteiger partial charge in [-0.05, 0) is 49.2 Å². The van der Waals surface area contributed by atoms with Crippen LogP contribution in [0.15, 0.2) is 65.8 Å². The minimum Gasteiger partial charge on any atom is -0.339 e. The normalized spacial score (nSPS) is 14.8. The highest BCUT2D eigenvalue weighted by Gasteiger charge is 2.28. The number of carbonyl (C=O) groups is 2. The number of aromatic nitrogens is 2. The van der Waals surface area contributed by atoms with Crippen LogP contribution in [0, 0.1) is 5.92 Å². The molecule has 2 aromatic carbocycles. The molecule has 1 aliphatic heterocycles. The second-order valence-electron chi connectivity index (χ2n) is 7.75. The second-order valence-corrected chi connectivity index (χ2v) is 9.72. The minimum absolute atomic E-state index is 0.0230. The molecular weight excluding hydrogens is 466 g/mol. The van der Waals surface area contributed by atoms with Crippen molar-refractivity contribution in [1.82, 2.24) is 14.7 Å². The molecule has 1 aromatic heterocycles. The summed E-state index contributed by atoms with van der Waals surface area (Å²) in [7, 11) is -3.78. The van der Waals surface area contributed by atoms with Crippen LogP contribution in [0.2, 0.25) is 5.02 Å². The summed E-state index contributed by atoms with van der Waals surface area (Å²) < 4.78 is 24.2. The van der Waals surface area contributed by atoms with Gasteiger partial charge >= 0.3 is 0 Å². The first-order chi connectivity index (χ1) is 15.7. The van der Waals surface area contributed by atoms with Crippen LogP contribution in [-0.4, -0.2) is 48.0 Å². The quantitative estimate of drug-likeness (QED) is 0.572. The van der Waals surface area contributed by atoms with Gasteiger partial charge in [0.1, 0.15) is 0 Å². The number of piperidine rings is 1. The van der Waals surface area contributed by atoms with Crippen molar-refractivity contribution >= 4 is 39.1 Å². The summed E-state index contributed by atoms with van der Waals surface area (Å²) >= 11 is 6.20. The summed E-state index contributed by atoms with van der Waals surface area (Å²) in [5.41, 5.74) is 1.62. The number of rotatable bonds is 5. The van der Waals surface area contributed by atoms with Crippen molar-refractivity contribution in [2.45, 2.75) is 17.7 Å². The Labute approximate surface area is 196 Å². The molecule has 11 heteroatoms. The van der Waals surface area contributed by atoms with E-state index in [4.69, 9.17) is 16.7 Å². The van der Waals surface area contributed by atoms with Crippen LogP contribution in [0.3, 0.4) is 0 Å². The van der Waals surface area contributed by atoms with E-state index in [9.17, 15) is 18.0 Å². The molecule has 0 saturated carbocycles. The maximum absolute atomic E-state index is 12.9. The van der Waals surface area contributed by atoms with E-state index in [0.29, 0.717) is 47.9 Å². The highest BCUT2D eigenvalue weighted by molar-refractivity contribution is 7.89. The third-order valence-electron chi connectivity index (χ3n) is 5.53. The van der Waals surface area contributed by atoms with Crippen molar-refractivity contribution in [2.75, 3.05) is 18.4 Å². The molecule has 0 radical (unpaired) electrons. The third-order valence-corrected chi connectivity index (χ3v) is 6.78. The van der Waals surface area contributed by atoms with Gasteiger partial charge in [-0.15, -0.1) is 0 Å². The molecule has 172 valence electrons. The van der Waals surface area contributed by atoms with E-state index < -0.39 is 10.0 Å². The summed E-state index contributed by atoms with van der Waals surface area (Å²) in [6.45, 7) is 0.886. The molecule has 0 aliphatic carbocycles. The summed E-state index contributed by atoms with van der Waals surface area (Å²) in [6, 6.07) is 12.9. The SMILES string of the molecule is NS(=O)(=O)c1ccc(NC(=O)C2CCN(C(=O)c3cnn(-c4ccccc4Cl)c3)CC2)cc1. The van der Waals surface area contributed by atoms with E-state index in [1.165, 1.54) is 30.5 Å².